The zero-order valence-electron chi connectivity index (χ0n) is 5.57. The van der Waals surface area contributed by atoms with Gasteiger partial charge < -0.3 is 5.11 Å². The van der Waals surface area contributed by atoms with Crippen molar-refractivity contribution in [1.82, 2.24) is 5.32 Å². The molecule has 0 saturated heterocycles. The Labute approximate surface area is 63.5 Å². The number of carboxylic acids is 1. The molecule has 4 heteroatoms. The van der Waals surface area contributed by atoms with Crippen LogP contribution in [0.25, 0.3) is 0 Å². The molecule has 0 fully saturated rings. The van der Waals surface area contributed by atoms with Crippen LogP contribution in [0.4, 0.5) is 0 Å². The molecule has 1 aliphatic rings. The van der Waals surface area contributed by atoms with Gasteiger partial charge in [0.2, 0.25) is 0 Å². The van der Waals surface area contributed by atoms with Gasteiger partial charge in [-0.1, -0.05) is 6.08 Å². The van der Waals surface area contributed by atoms with Crippen LogP contribution in [-0.4, -0.2) is 22.5 Å². The highest BCUT2D eigenvalue weighted by atomic mass is 32.2. The third-order valence-electron chi connectivity index (χ3n) is 1.26. The van der Waals surface area contributed by atoms with E-state index in [2.05, 4.69) is 5.32 Å². The summed E-state index contributed by atoms with van der Waals surface area (Å²) < 4.78 is 0. The molecule has 56 valence electrons. The van der Waals surface area contributed by atoms with E-state index in [4.69, 9.17) is 5.11 Å². The normalized spacial score (nSPS) is 25.5. The minimum absolute atomic E-state index is 0.200. The van der Waals surface area contributed by atoms with Gasteiger partial charge in [-0.2, -0.15) is 0 Å². The second kappa shape index (κ2) is 3.07. The number of carbonyl (C=O) groups is 1. The van der Waals surface area contributed by atoms with E-state index in [1.165, 1.54) is 0 Å². The fourth-order valence-corrected chi connectivity index (χ4v) is 1.17. The molecule has 0 aromatic heterocycles. The first kappa shape index (κ1) is 7.63. The monoisotopic (exact) mass is 159 g/mol. The van der Waals surface area contributed by atoms with Crippen molar-refractivity contribution in [3.63, 3.8) is 0 Å². The fraction of sp³-hybridized carbons (Fsp3) is 0.500. The van der Waals surface area contributed by atoms with Gasteiger partial charge in [0.25, 0.3) is 0 Å². The van der Waals surface area contributed by atoms with Crippen molar-refractivity contribution in [3.8, 4) is 0 Å². The number of nitrogens with one attached hydrogen (secondary N) is 1. The van der Waals surface area contributed by atoms with Crippen LogP contribution in [0.3, 0.4) is 0 Å². The molecule has 2 N–H and O–H groups in total. The third kappa shape index (κ3) is 1.75. The van der Waals surface area contributed by atoms with Gasteiger partial charge >= 0.3 is 5.97 Å². The quantitative estimate of drug-likeness (QED) is 0.634. The van der Waals surface area contributed by atoms with E-state index >= 15 is 0 Å². The van der Waals surface area contributed by atoms with Crippen molar-refractivity contribution in [2.45, 2.75) is 18.3 Å². The average Bonchev–Trinajstić information content (AvgIpc) is 1.77. The van der Waals surface area contributed by atoms with Gasteiger partial charge in [0, 0.05) is 0 Å². The number of aliphatic carboxylic acids is 1. The van der Waals surface area contributed by atoms with E-state index in [0.717, 1.165) is 0 Å². The molecule has 3 nitrogen and oxygen atoms in total. The van der Waals surface area contributed by atoms with Crippen molar-refractivity contribution in [3.05, 3.63) is 11.5 Å². The number of hydrogen-bond donors (Lipinski definition) is 2. The van der Waals surface area contributed by atoms with Crippen LogP contribution in [0.5, 0.6) is 0 Å². The maximum Gasteiger partial charge on any atom is 0.320 e. The van der Waals surface area contributed by atoms with Crippen LogP contribution >= 0.6 is 11.8 Å². The summed E-state index contributed by atoms with van der Waals surface area (Å²) in [5, 5.41) is 13.5. The lowest BCUT2D eigenvalue weighted by Gasteiger charge is -2.20. The molecule has 2 unspecified atom stereocenters. The topological polar surface area (TPSA) is 49.3 Å². The standard InChI is InChI=1S/C6H9NO2S/c1-4(6(8)9)7-5-2-3-10-5/h2-5,7H,1H3,(H,8,9). The largest absolute Gasteiger partial charge is 0.480 e. The Kier molecular flexibility index (Phi) is 2.34. The summed E-state index contributed by atoms with van der Waals surface area (Å²) in [5.74, 6) is -0.805. The number of thioether (sulfide) groups is 1. The lowest BCUT2D eigenvalue weighted by atomic mass is 10.3. The number of carboxylic acid groups (broad SMARTS) is 1. The highest BCUT2D eigenvalue weighted by Gasteiger charge is 2.17. The molecule has 1 aliphatic heterocycles. The lowest BCUT2D eigenvalue weighted by Crippen LogP contribution is -2.40. The Morgan fingerprint density at radius 2 is 2.50 bits per heavy atom. The average molecular weight is 159 g/mol. The van der Waals surface area contributed by atoms with Crippen LogP contribution in [0, 0.1) is 0 Å². The molecule has 0 spiro atoms. The van der Waals surface area contributed by atoms with Gasteiger partial charge in [0.15, 0.2) is 0 Å². The predicted octanol–water partition coefficient (Wildman–Crippen LogP) is 0.636. The van der Waals surface area contributed by atoms with Crippen molar-refractivity contribution >= 4 is 17.7 Å². The van der Waals surface area contributed by atoms with E-state index < -0.39 is 12.0 Å². The lowest BCUT2D eigenvalue weighted by molar-refractivity contribution is -0.138. The summed E-state index contributed by atoms with van der Waals surface area (Å²) in [6, 6.07) is -0.456. The summed E-state index contributed by atoms with van der Waals surface area (Å²) in [7, 11) is 0. The molecule has 0 aromatic carbocycles. The van der Waals surface area contributed by atoms with Crippen molar-refractivity contribution < 1.29 is 9.90 Å². The SMILES string of the molecule is CC(NC1C=CS1)C(=O)O. The first-order valence-electron chi connectivity index (χ1n) is 3.01. The second-order valence-electron chi connectivity index (χ2n) is 2.11. The molecule has 2 atom stereocenters. The van der Waals surface area contributed by atoms with Gasteiger partial charge in [-0.25, -0.2) is 0 Å². The van der Waals surface area contributed by atoms with Gasteiger partial charge in [0.05, 0.1) is 5.37 Å². The van der Waals surface area contributed by atoms with Crippen LogP contribution in [0.15, 0.2) is 11.5 Å². The highest BCUT2D eigenvalue weighted by Crippen LogP contribution is 2.21. The van der Waals surface area contributed by atoms with Crippen molar-refractivity contribution in [2.75, 3.05) is 0 Å². The van der Waals surface area contributed by atoms with Gasteiger partial charge in [0.1, 0.15) is 6.04 Å². The maximum atomic E-state index is 10.3. The Hall–Kier alpha value is -0.480. The molecule has 0 aromatic rings. The van der Waals surface area contributed by atoms with E-state index in [1.54, 1.807) is 18.7 Å². The fourth-order valence-electron chi connectivity index (χ4n) is 0.570. The molecule has 10 heavy (non-hydrogen) atoms. The summed E-state index contributed by atoms with van der Waals surface area (Å²) in [6.45, 7) is 1.63. The van der Waals surface area contributed by atoms with Gasteiger partial charge in [-0.3, -0.25) is 10.1 Å². The van der Waals surface area contributed by atoms with E-state index in [1.807, 2.05) is 11.5 Å². The minimum Gasteiger partial charge on any atom is -0.480 e. The summed E-state index contributed by atoms with van der Waals surface area (Å²) >= 11 is 1.60. The first-order chi connectivity index (χ1) is 4.70. The highest BCUT2D eigenvalue weighted by molar-refractivity contribution is 8.04. The number of rotatable bonds is 3. The van der Waals surface area contributed by atoms with Crippen LogP contribution in [0.2, 0.25) is 0 Å². The van der Waals surface area contributed by atoms with Crippen molar-refractivity contribution in [1.29, 1.82) is 0 Å². The second-order valence-corrected chi connectivity index (χ2v) is 3.16. The van der Waals surface area contributed by atoms with Gasteiger partial charge in [-0.15, -0.1) is 11.8 Å². The molecule has 0 bridgehead atoms. The molecular formula is C6H9NO2S. The molecule has 0 saturated carbocycles. The Bertz CT molecular complexity index is 169. The maximum absolute atomic E-state index is 10.3. The van der Waals surface area contributed by atoms with E-state index in [-0.39, 0.29) is 5.37 Å². The van der Waals surface area contributed by atoms with Crippen molar-refractivity contribution in [2.24, 2.45) is 0 Å². The zero-order valence-corrected chi connectivity index (χ0v) is 6.39. The van der Waals surface area contributed by atoms with E-state index in [0.29, 0.717) is 0 Å². The molecular weight excluding hydrogens is 150 g/mol. The molecule has 0 aliphatic carbocycles. The van der Waals surface area contributed by atoms with Gasteiger partial charge in [-0.05, 0) is 12.3 Å². The summed E-state index contributed by atoms with van der Waals surface area (Å²) in [5.41, 5.74) is 0. The summed E-state index contributed by atoms with van der Waals surface area (Å²) in [4.78, 5) is 10.3. The zero-order chi connectivity index (χ0) is 7.56. The first-order valence-corrected chi connectivity index (χ1v) is 3.95. The Morgan fingerprint density at radius 3 is 2.80 bits per heavy atom. The van der Waals surface area contributed by atoms with Crippen LogP contribution < -0.4 is 5.32 Å². The predicted molar refractivity (Wildman–Crippen MR) is 40.8 cm³/mol. The smallest absolute Gasteiger partial charge is 0.320 e. The van der Waals surface area contributed by atoms with Crippen LogP contribution in [0.1, 0.15) is 6.92 Å². The third-order valence-corrected chi connectivity index (χ3v) is 2.16. The number of hydrogen-bond acceptors (Lipinski definition) is 3. The Morgan fingerprint density at radius 1 is 1.90 bits per heavy atom. The Balaban J connectivity index is 2.24. The van der Waals surface area contributed by atoms with Crippen LogP contribution in [-0.2, 0) is 4.79 Å². The summed E-state index contributed by atoms with van der Waals surface area (Å²) in [6.07, 6.45) is 1.93. The minimum atomic E-state index is -0.805. The molecule has 1 heterocycles. The molecule has 0 amide bonds. The molecule has 0 radical (unpaired) electrons. The molecule has 1 rings (SSSR count). The van der Waals surface area contributed by atoms with E-state index in [9.17, 15) is 4.79 Å².